The van der Waals surface area contributed by atoms with Gasteiger partial charge in [-0.3, -0.25) is 14.9 Å². The molecule has 1 aliphatic rings. The number of sulfonamides is 1. The predicted molar refractivity (Wildman–Crippen MR) is 78.9 cm³/mol. The number of nitro benzene ring substituents is 1. The highest BCUT2D eigenvalue weighted by Crippen LogP contribution is 2.29. The Bertz CT molecular complexity index is 714. The molecule has 0 aliphatic heterocycles. The van der Waals surface area contributed by atoms with Gasteiger partial charge in [-0.1, -0.05) is 0 Å². The minimum absolute atomic E-state index is 0.0634. The van der Waals surface area contributed by atoms with Crippen LogP contribution in [0.4, 0.5) is 11.4 Å². The lowest BCUT2D eigenvalue weighted by Gasteiger charge is -2.19. The molecule has 3 N–H and O–H groups in total. The number of nitrogens with one attached hydrogen (secondary N) is 1. The number of hydrogen-bond acceptors (Lipinski definition) is 6. The molecule has 120 valence electrons. The molecule has 0 unspecified atom stereocenters. The van der Waals surface area contributed by atoms with Gasteiger partial charge in [0.25, 0.3) is 5.69 Å². The normalized spacial score (nSPS) is 14.5. The van der Waals surface area contributed by atoms with Crippen molar-refractivity contribution in [3.8, 4) is 0 Å². The van der Waals surface area contributed by atoms with Crippen molar-refractivity contribution in [1.29, 1.82) is 0 Å². The highest BCUT2D eigenvalue weighted by Gasteiger charge is 2.26. The first-order valence-corrected chi connectivity index (χ1v) is 8.05. The summed E-state index contributed by atoms with van der Waals surface area (Å²) in [5.74, 6) is -0.241. The molecule has 0 heterocycles. The first kappa shape index (κ1) is 16.2. The van der Waals surface area contributed by atoms with Crippen LogP contribution in [0.3, 0.4) is 0 Å². The van der Waals surface area contributed by atoms with Gasteiger partial charge < -0.3 is 10.2 Å². The quantitative estimate of drug-likeness (QED) is 0.555. The number of hydrogen-bond donors (Lipinski definition) is 2. The summed E-state index contributed by atoms with van der Waals surface area (Å²) < 4.78 is 22.5. The summed E-state index contributed by atoms with van der Waals surface area (Å²) in [7, 11) is -2.51. The van der Waals surface area contributed by atoms with Crippen molar-refractivity contribution in [2.24, 2.45) is 5.14 Å². The molecule has 1 saturated carbocycles. The third kappa shape index (κ3) is 3.92. The average Bonchev–Trinajstić information content (AvgIpc) is 3.20. The SMILES string of the molecule is CN(CC(=O)NC1CC1)c1ccc(S(N)(=O)=O)cc1[N+](=O)[O-]. The fourth-order valence-corrected chi connectivity index (χ4v) is 2.48. The zero-order chi connectivity index (χ0) is 16.5. The van der Waals surface area contributed by atoms with E-state index < -0.39 is 20.6 Å². The van der Waals surface area contributed by atoms with Crippen molar-refractivity contribution in [1.82, 2.24) is 5.32 Å². The topological polar surface area (TPSA) is 136 Å². The van der Waals surface area contributed by atoms with Gasteiger partial charge in [0.2, 0.25) is 15.9 Å². The molecular weight excluding hydrogens is 312 g/mol. The van der Waals surface area contributed by atoms with Crippen LogP contribution in [0.15, 0.2) is 23.1 Å². The molecule has 0 aromatic heterocycles. The van der Waals surface area contributed by atoms with E-state index in [1.807, 2.05) is 0 Å². The summed E-state index contributed by atoms with van der Waals surface area (Å²) in [6.45, 7) is -0.0634. The molecule has 0 saturated heterocycles. The zero-order valence-corrected chi connectivity index (χ0v) is 12.7. The van der Waals surface area contributed by atoms with Crippen molar-refractivity contribution in [3.05, 3.63) is 28.3 Å². The van der Waals surface area contributed by atoms with E-state index in [0.717, 1.165) is 18.9 Å². The van der Waals surface area contributed by atoms with Gasteiger partial charge in [0.15, 0.2) is 0 Å². The van der Waals surface area contributed by atoms with Crippen molar-refractivity contribution in [2.45, 2.75) is 23.8 Å². The summed E-state index contributed by atoms with van der Waals surface area (Å²) >= 11 is 0. The maximum atomic E-state index is 11.7. The van der Waals surface area contributed by atoms with Crippen LogP contribution >= 0.6 is 0 Å². The average molecular weight is 328 g/mol. The Hall–Kier alpha value is -2.20. The molecular formula is C12H16N4O5S. The van der Waals surface area contributed by atoms with E-state index in [0.29, 0.717) is 0 Å². The highest BCUT2D eigenvalue weighted by atomic mass is 32.2. The van der Waals surface area contributed by atoms with Crippen LogP contribution < -0.4 is 15.4 Å². The van der Waals surface area contributed by atoms with E-state index in [4.69, 9.17) is 5.14 Å². The number of amides is 1. The van der Waals surface area contributed by atoms with Crippen molar-refractivity contribution in [3.63, 3.8) is 0 Å². The van der Waals surface area contributed by atoms with Gasteiger partial charge in [0.1, 0.15) is 5.69 Å². The van der Waals surface area contributed by atoms with Gasteiger partial charge in [-0.25, -0.2) is 13.6 Å². The first-order valence-electron chi connectivity index (χ1n) is 6.50. The maximum Gasteiger partial charge on any atom is 0.293 e. The Labute approximate surface area is 127 Å². The lowest BCUT2D eigenvalue weighted by atomic mass is 10.2. The highest BCUT2D eigenvalue weighted by molar-refractivity contribution is 7.89. The summed E-state index contributed by atoms with van der Waals surface area (Å²) in [5.41, 5.74) is -0.281. The number of anilines is 1. The molecule has 22 heavy (non-hydrogen) atoms. The number of nitro groups is 1. The fourth-order valence-electron chi connectivity index (χ4n) is 1.95. The summed E-state index contributed by atoms with van der Waals surface area (Å²) in [6.07, 6.45) is 1.89. The Morgan fingerprint density at radius 2 is 2.14 bits per heavy atom. The maximum absolute atomic E-state index is 11.7. The molecule has 0 spiro atoms. The van der Waals surface area contributed by atoms with Gasteiger partial charge in [-0.15, -0.1) is 0 Å². The molecule has 1 amide bonds. The minimum atomic E-state index is -4.03. The van der Waals surface area contributed by atoms with Crippen LogP contribution in [0.5, 0.6) is 0 Å². The van der Waals surface area contributed by atoms with Gasteiger partial charge in [0, 0.05) is 19.2 Å². The van der Waals surface area contributed by atoms with Gasteiger partial charge in [-0.05, 0) is 25.0 Å². The number of rotatable bonds is 6. The monoisotopic (exact) mass is 328 g/mol. The largest absolute Gasteiger partial charge is 0.360 e. The van der Waals surface area contributed by atoms with E-state index in [-0.39, 0.29) is 29.1 Å². The smallest absolute Gasteiger partial charge is 0.293 e. The number of nitrogens with two attached hydrogens (primary N) is 1. The van der Waals surface area contributed by atoms with Crippen LogP contribution in [-0.2, 0) is 14.8 Å². The van der Waals surface area contributed by atoms with Crippen LogP contribution in [-0.4, -0.2) is 38.9 Å². The minimum Gasteiger partial charge on any atom is -0.360 e. The molecule has 0 atom stereocenters. The van der Waals surface area contributed by atoms with E-state index in [1.165, 1.54) is 24.1 Å². The number of nitrogens with zero attached hydrogens (tertiary/aromatic N) is 2. The number of likely N-dealkylation sites (N-methyl/N-ethyl adjacent to an activating group) is 1. The lowest BCUT2D eigenvalue weighted by Crippen LogP contribution is -2.36. The number of primary sulfonamides is 1. The molecule has 9 nitrogen and oxygen atoms in total. The number of carbonyl (C=O) groups is 1. The van der Waals surface area contributed by atoms with E-state index in [1.54, 1.807) is 0 Å². The Morgan fingerprint density at radius 3 is 2.64 bits per heavy atom. The second-order valence-corrected chi connectivity index (χ2v) is 6.71. The number of benzene rings is 1. The first-order chi connectivity index (χ1) is 10.2. The van der Waals surface area contributed by atoms with E-state index in [9.17, 15) is 23.3 Å². The van der Waals surface area contributed by atoms with Gasteiger partial charge in [-0.2, -0.15) is 0 Å². The molecule has 10 heteroatoms. The van der Waals surface area contributed by atoms with Gasteiger partial charge >= 0.3 is 0 Å². The predicted octanol–water partition coefficient (Wildman–Crippen LogP) is -0.0430. The van der Waals surface area contributed by atoms with Crippen LogP contribution in [0.1, 0.15) is 12.8 Å². The summed E-state index contributed by atoms with van der Waals surface area (Å²) in [6, 6.07) is 3.52. The Morgan fingerprint density at radius 1 is 1.50 bits per heavy atom. The van der Waals surface area contributed by atoms with Crippen molar-refractivity contribution in [2.75, 3.05) is 18.5 Å². The van der Waals surface area contributed by atoms with Crippen LogP contribution in [0.2, 0.25) is 0 Å². The molecule has 1 aromatic rings. The van der Waals surface area contributed by atoms with E-state index in [2.05, 4.69) is 5.32 Å². The molecule has 0 bridgehead atoms. The van der Waals surface area contributed by atoms with Crippen LogP contribution in [0, 0.1) is 10.1 Å². The standard InChI is InChI=1S/C12H16N4O5S/c1-15(7-12(17)14-8-2-3-8)10-5-4-9(22(13,20)21)6-11(10)16(18)19/h4-6,8H,2-3,7H2,1H3,(H,14,17)(H2,13,20,21). The molecule has 2 rings (SSSR count). The third-order valence-corrected chi connectivity index (χ3v) is 4.12. The lowest BCUT2D eigenvalue weighted by molar-refractivity contribution is -0.384. The fraction of sp³-hybridized carbons (Fsp3) is 0.417. The Kier molecular flexibility index (Phi) is 4.33. The number of carbonyl (C=O) groups excluding carboxylic acids is 1. The molecule has 1 aliphatic carbocycles. The van der Waals surface area contributed by atoms with E-state index >= 15 is 0 Å². The van der Waals surface area contributed by atoms with Crippen molar-refractivity contribution < 1.29 is 18.1 Å². The van der Waals surface area contributed by atoms with Gasteiger partial charge in [0.05, 0.1) is 16.4 Å². The molecule has 1 aromatic carbocycles. The molecule has 0 radical (unpaired) electrons. The molecule has 1 fully saturated rings. The third-order valence-electron chi connectivity index (χ3n) is 3.21. The summed E-state index contributed by atoms with van der Waals surface area (Å²) in [5, 5.41) is 18.9. The summed E-state index contributed by atoms with van der Waals surface area (Å²) in [4.78, 5) is 23.2. The second kappa shape index (κ2) is 5.89. The zero-order valence-electron chi connectivity index (χ0n) is 11.9. The van der Waals surface area contributed by atoms with Crippen LogP contribution in [0.25, 0.3) is 0 Å². The van der Waals surface area contributed by atoms with Crippen molar-refractivity contribution >= 4 is 27.3 Å². The second-order valence-electron chi connectivity index (χ2n) is 5.15. The Balaban J connectivity index is 2.24.